The SMILES string of the molecule is CCC1CNC(C)CN1CC1(CC(C)C)CCCC1. The van der Waals surface area contributed by atoms with Crippen molar-refractivity contribution in [2.45, 2.75) is 78.3 Å². The summed E-state index contributed by atoms with van der Waals surface area (Å²) in [7, 11) is 0. The van der Waals surface area contributed by atoms with E-state index in [1.54, 1.807) is 0 Å². The molecule has 2 heteroatoms. The third-order valence-electron chi connectivity index (χ3n) is 5.24. The smallest absolute Gasteiger partial charge is 0.0219 e. The van der Waals surface area contributed by atoms with Crippen LogP contribution in [0.5, 0.6) is 0 Å². The highest BCUT2D eigenvalue weighted by Crippen LogP contribution is 2.44. The van der Waals surface area contributed by atoms with E-state index in [1.165, 1.54) is 58.2 Å². The van der Waals surface area contributed by atoms with Crippen molar-refractivity contribution in [3.8, 4) is 0 Å². The maximum atomic E-state index is 3.65. The molecule has 2 fully saturated rings. The molecule has 1 heterocycles. The van der Waals surface area contributed by atoms with Gasteiger partial charge in [-0.25, -0.2) is 0 Å². The average Bonchev–Trinajstić information content (AvgIpc) is 2.76. The Hall–Kier alpha value is -0.0800. The van der Waals surface area contributed by atoms with Crippen LogP contribution >= 0.6 is 0 Å². The van der Waals surface area contributed by atoms with Gasteiger partial charge in [0.25, 0.3) is 0 Å². The van der Waals surface area contributed by atoms with Gasteiger partial charge in [0, 0.05) is 31.7 Å². The Labute approximate surface area is 120 Å². The summed E-state index contributed by atoms with van der Waals surface area (Å²) < 4.78 is 0. The minimum Gasteiger partial charge on any atom is -0.311 e. The fourth-order valence-electron chi connectivity index (χ4n) is 4.48. The zero-order valence-corrected chi connectivity index (χ0v) is 13.5. The molecule has 0 spiro atoms. The summed E-state index contributed by atoms with van der Waals surface area (Å²) in [5.74, 6) is 0.846. The number of rotatable bonds is 5. The topological polar surface area (TPSA) is 15.3 Å². The summed E-state index contributed by atoms with van der Waals surface area (Å²) in [6.45, 7) is 13.3. The van der Waals surface area contributed by atoms with Crippen molar-refractivity contribution in [3.63, 3.8) is 0 Å². The van der Waals surface area contributed by atoms with E-state index in [-0.39, 0.29) is 0 Å². The second kappa shape index (κ2) is 6.58. The lowest BCUT2D eigenvalue weighted by Gasteiger charge is -2.44. The number of piperazine rings is 1. The summed E-state index contributed by atoms with van der Waals surface area (Å²) in [6.07, 6.45) is 8.59. The highest BCUT2D eigenvalue weighted by atomic mass is 15.2. The summed E-state index contributed by atoms with van der Waals surface area (Å²) >= 11 is 0. The molecular formula is C17H34N2. The Morgan fingerprint density at radius 3 is 2.53 bits per heavy atom. The van der Waals surface area contributed by atoms with Crippen molar-refractivity contribution in [2.75, 3.05) is 19.6 Å². The van der Waals surface area contributed by atoms with Crippen LogP contribution in [0.1, 0.15) is 66.2 Å². The first kappa shape index (κ1) is 15.3. The molecule has 0 aromatic carbocycles. The second-order valence-corrected chi connectivity index (χ2v) is 7.61. The lowest BCUT2D eigenvalue weighted by atomic mass is 9.77. The Kier molecular flexibility index (Phi) is 5.30. The Bertz CT molecular complexity index is 268. The molecule has 1 saturated carbocycles. The Morgan fingerprint density at radius 1 is 1.26 bits per heavy atom. The van der Waals surface area contributed by atoms with Gasteiger partial charge in [-0.2, -0.15) is 0 Å². The van der Waals surface area contributed by atoms with Gasteiger partial charge in [-0.05, 0) is 43.9 Å². The maximum Gasteiger partial charge on any atom is 0.0219 e. The average molecular weight is 266 g/mol. The normalized spacial score (nSPS) is 32.1. The van der Waals surface area contributed by atoms with Crippen LogP contribution in [0.15, 0.2) is 0 Å². The van der Waals surface area contributed by atoms with Crippen LogP contribution < -0.4 is 5.32 Å². The molecule has 19 heavy (non-hydrogen) atoms. The van der Waals surface area contributed by atoms with Gasteiger partial charge >= 0.3 is 0 Å². The molecule has 1 saturated heterocycles. The molecule has 2 rings (SSSR count). The molecule has 0 amide bonds. The molecule has 1 aliphatic carbocycles. The van der Waals surface area contributed by atoms with Crippen molar-refractivity contribution in [2.24, 2.45) is 11.3 Å². The molecule has 2 unspecified atom stereocenters. The molecule has 0 radical (unpaired) electrons. The van der Waals surface area contributed by atoms with E-state index in [0.717, 1.165) is 12.0 Å². The van der Waals surface area contributed by atoms with Crippen LogP contribution in [0.4, 0.5) is 0 Å². The van der Waals surface area contributed by atoms with Crippen LogP contribution in [-0.4, -0.2) is 36.6 Å². The summed E-state index contributed by atoms with van der Waals surface area (Å²) in [5.41, 5.74) is 0.638. The van der Waals surface area contributed by atoms with Gasteiger partial charge in [-0.15, -0.1) is 0 Å². The molecule has 1 N–H and O–H groups in total. The van der Waals surface area contributed by atoms with Crippen molar-refractivity contribution in [1.82, 2.24) is 10.2 Å². The van der Waals surface area contributed by atoms with Crippen LogP contribution in [0.25, 0.3) is 0 Å². The van der Waals surface area contributed by atoms with E-state index < -0.39 is 0 Å². The number of hydrogen-bond donors (Lipinski definition) is 1. The molecule has 2 nitrogen and oxygen atoms in total. The highest BCUT2D eigenvalue weighted by Gasteiger charge is 2.38. The molecule has 0 aromatic rings. The fraction of sp³-hybridized carbons (Fsp3) is 1.00. The lowest BCUT2D eigenvalue weighted by Crippen LogP contribution is -2.57. The van der Waals surface area contributed by atoms with Crippen molar-refractivity contribution in [3.05, 3.63) is 0 Å². The second-order valence-electron chi connectivity index (χ2n) is 7.61. The Balaban J connectivity index is 2.02. The number of nitrogens with one attached hydrogen (secondary N) is 1. The van der Waals surface area contributed by atoms with Crippen LogP contribution in [0, 0.1) is 11.3 Å². The van der Waals surface area contributed by atoms with Gasteiger partial charge in [-0.3, -0.25) is 4.90 Å². The van der Waals surface area contributed by atoms with Crippen molar-refractivity contribution >= 4 is 0 Å². The molecule has 112 valence electrons. The minimum absolute atomic E-state index is 0.638. The lowest BCUT2D eigenvalue weighted by molar-refractivity contribution is 0.0618. The molecule has 0 aromatic heterocycles. The third kappa shape index (κ3) is 3.95. The van der Waals surface area contributed by atoms with E-state index in [9.17, 15) is 0 Å². The van der Waals surface area contributed by atoms with E-state index in [4.69, 9.17) is 0 Å². The molecule has 0 bridgehead atoms. The predicted octanol–water partition coefficient (Wildman–Crippen LogP) is 3.67. The first-order valence-corrected chi connectivity index (χ1v) is 8.52. The predicted molar refractivity (Wildman–Crippen MR) is 83.5 cm³/mol. The summed E-state index contributed by atoms with van der Waals surface area (Å²) in [6, 6.07) is 1.43. The minimum atomic E-state index is 0.638. The van der Waals surface area contributed by atoms with Crippen LogP contribution in [-0.2, 0) is 0 Å². The van der Waals surface area contributed by atoms with E-state index in [0.29, 0.717) is 11.5 Å². The fourth-order valence-corrected chi connectivity index (χ4v) is 4.48. The Morgan fingerprint density at radius 2 is 1.95 bits per heavy atom. The van der Waals surface area contributed by atoms with E-state index in [1.807, 2.05) is 0 Å². The summed E-state index contributed by atoms with van der Waals surface area (Å²) in [5, 5.41) is 3.65. The van der Waals surface area contributed by atoms with Gasteiger partial charge in [0.05, 0.1) is 0 Å². The summed E-state index contributed by atoms with van der Waals surface area (Å²) in [4.78, 5) is 2.81. The zero-order valence-electron chi connectivity index (χ0n) is 13.5. The first-order valence-electron chi connectivity index (χ1n) is 8.52. The molecule has 2 aliphatic rings. The third-order valence-corrected chi connectivity index (χ3v) is 5.24. The van der Waals surface area contributed by atoms with E-state index >= 15 is 0 Å². The van der Waals surface area contributed by atoms with Crippen LogP contribution in [0.3, 0.4) is 0 Å². The van der Waals surface area contributed by atoms with Crippen molar-refractivity contribution < 1.29 is 0 Å². The van der Waals surface area contributed by atoms with Gasteiger partial charge in [0.15, 0.2) is 0 Å². The zero-order chi connectivity index (χ0) is 13.9. The maximum absolute atomic E-state index is 3.65. The van der Waals surface area contributed by atoms with Gasteiger partial charge in [0.1, 0.15) is 0 Å². The van der Waals surface area contributed by atoms with Crippen molar-refractivity contribution in [1.29, 1.82) is 0 Å². The standard InChI is InChI=1S/C17H34N2/c1-5-16-11-18-15(4)12-19(16)13-17(10-14(2)3)8-6-7-9-17/h14-16,18H,5-13H2,1-4H3. The molecule has 1 aliphatic heterocycles. The largest absolute Gasteiger partial charge is 0.311 e. The highest BCUT2D eigenvalue weighted by molar-refractivity contribution is 4.92. The van der Waals surface area contributed by atoms with Gasteiger partial charge in [0.2, 0.25) is 0 Å². The molecular weight excluding hydrogens is 232 g/mol. The monoisotopic (exact) mass is 266 g/mol. The molecule has 2 atom stereocenters. The first-order chi connectivity index (χ1) is 9.04. The van der Waals surface area contributed by atoms with Gasteiger partial charge < -0.3 is 5.32 Å². The van der Waals surface area contributed by atoms with Crippen LogP contribution in [0.2, 0.25) is 0 Å². The number of hydrogen-bond acceptors (Lipinski definition) is 2. The van der Waals surface area contributed by atoms with E-state index in [2.05, 4.69) is 37.9 Å². The quantitative estimate of drug-likeness (QED) is 0.817. The number of nitrogens with zero attached hydrogens (tertiary/aromatic N) is 1. The van der Waals surface area contributed by atoms with Gasteiger partial charge in [-0.1, -0.05) is 33.6 Å².